The number of esters is 1. The van der Waals surface area contributed by atoms with E-state index in [0.29, 0.717) is 0 Å². The van der Waals surface area contributed by atoms with Gasteiger partial charge in [-0.25, -0.2) is 17.1 Å². The first-order valence-corrected chi connectivity index (χ1v) is 9.84. The topological polar surface area (TPSA) is 92.8 Å². The molecule has 0 spiro atoms. The molecule has 0 aliphatic heterocycles. The Bertz CT molecular complexity index is 995. The van der Waals surface area contributed by atoms with Crippen LogP contribution in [0, 0.1) is 5.82 Å². The number of hydrogen-bond acceptors (Lipinski definition) is 5. The number of carbonyl (C=O) groups excluding carboxylic acids is 2. The Kier molecular flexibility index (Phi) is 7.11. The molecule has 1 amide bonds. The molecule has 0 bridgehead atoms. The fourth-order valence-corrected chi connectivity index (χ4v) is 3.56. The molecule has 2 rings (SSSR count). The first-order chi connectivity index (χ1) is 13.1. The third kappa shape index (κ3) is 5.51. The Labute approximate surface area is 167 Å². The van der Waals surface area contributed by atoms with Crippen LogP contribution in [0.4, 0.5) is 10.1 Å². The molecule has 0 unspecified atom stereocenters. The summed E-state index contributed by atoms with van der Waals surface area (Å²) >= 11 is 5.94. The summed E-state index contributed by atoms with van der Waals surface area (Å²) < 4.78 is 43.8. The van der Waals surface area contributed by atoms with Gasteiger partial charge < -0.3 is 10.1 Å². The second kappa shape index (κ2) is 9.13. The Hall–Kier alpha value is -2.49. The van der Waals surface area contributed by atoms with Crippen molar-refractivity contribution in [2.75, 3.05) is 26.0 Å². The zero-order chi connectivity index (χ0) is 20.9. The van der Waals surface area contributed by atoms with E-state index in [4.69, 9.17) is 16.3 Å². The molecule has 0 aliphatic rings. The number of benzene rings is 2. The minimum absolute atomic E-state index is 0.00279. The molecule has 2 aromatic rings. The lowest BCUT2D eigenvalue weighted by Gasteiger charge is -2.14. The molecule has 0 fully saturated rings. The Balaban J connectivity index is 1.98. The average Bonchev–Trinajstić information content (AvgIpc) is 2.63. The predicted molar refractivity (Wildman–Crippen MR) is 102 cm³/mol. The van der Waals surface area contributed by atoms with Gasteiger partial charge in [-0.3, -0.25) is 9.59 Å². The zero-order valence-corrected chi connectivity index (χ0v) is 16.7. The molecule has 2 aromatic carbocycles. The average molecular weight is 429 g/mol. The maximum absolute atomic E-state index is 13.5. The number of nitrogens with zero attached hydrogens (tertiary/aromatic N) is 1. The Morgan fingerprint density at radius 2 is 1.86 bits per heavy atom. The van der Waals surface area contributed by atoms with Crippen molar-refractivity contribution in [3.8, 4) is 0 Å². The third-order valence-corrected chi connectivity index (χ3v) is 5.93. The van der Waals surface area contributed by atoms with Crippen LogP contribution in [0.25, 0.3) is 0 Å². The van der Waals surface area contributed by atoms with Crippen molar-refractivity contribution in [3.63, 3.8) is 0 Å². The van der Waals surface area contributed by atoms with Crippen molar-refractivity contribution in [2.45, 2.75) is 11.3 Å². The summed E-state index contributed by atoms with van der Waals surface area (Å²) in [6.45, 7) is -0.605. The van der Waals surface area contributed by atoms with E-state index in [0.717, 1.165) is 4.31 Å². The summed E-state index contributed by atoms with van der Waals surface area (Å²) in [4.78, 5) is 23.5. The maximum atomic E-state index is 13.5. The summed E-state index contributed by atoms with van der Waals surface area (Å²) in [6.07, 6.45) is -0.313. The number of nitrogens with one attached hydrogen (secondary N) is 1. The molecule has 0 radical (unpaired) electrons. The van der Waals surface area contributed by atoms with Gasteiger partial charge in [0.1, 0.15) is 10.7 Å². The fraction of sp³-hybridized carbons (Fsp3) is 0.222. The molecule has 10 heteroatoms. The number of anilines is 1. The molecule has 28 heavy (non-hydrogen) atoms. The SMILES string of the molecule is CN(C)S(=O)(=O)c1cc(NC(=O)COC(=O)Cc2ccccc2F)ccc1Cl. The standard InChI is InChI=1S/C18H18ClFN2O5S/c1-22(2)28(25,26)16-10-13(7-8-14(16)19)21-17(23)11-27-18(24)9-12-5-3-4-6-15(12)20/h3-8,10H,9,11H2,1-2H3,(H,21,23). The van der Waals surface area contributed by atoms with E-state index < -0.39 is 34.3 Å². The number of halogens is 2. The van der Waals surface area contributed by atoms with Gasteiger partial charge in [0.2, 0.25) is 10.0 Å². The third-order valence-electron chi connectivity index (χ3n) is 3.63. The number of amides is 1. The van der Waals surface area contributed by atoms with Crippen molar-refractivity contribution < 1.29 is 27.1 Å². The normalized spacial score (nSPS) is 11.3. The molecular formula is C18H18ClFN2O5S. The summed E-state index contributed by atoms with van der Waals surface area (Å²) in [5.74, 6) is -2.00. The lowest BCUT2D eigenvalue weighted by atomic mass is 10.1. The summed E-state index contributed by atoms with van der Waals surface area (Å²) in [7, 11) is -1.09. The highest BCUT2D eigenvalue weighted by Gasteiger charge is 2.21. The quantitative estimate of drug-likeness (QED) is 0.684. The van der Waals surface area contributed by atoms with Crippen LogP contribution < -0.4 is 5.32 Å². The van der Waals surface area contributed by atoms with Crippen molar-refractivity contribution in [3.05, 3.63) is 58.9 Å². The van der Waals surface area contributed by atoms with Gasteiger partial charge in [0, 0.05) is 19.8 Å². The van der Waals surface area contributed by atoms with E-state index in [9.17, 15) is 22.4 Å². The van der Waals surface area contributed by atoms with Crippen molar-refractivity contribution in [1.82, 2.24) is 4.31 Å². The van der Waals surface area contributed by atoms with Crippen molar-refractivity contribution in [2.24, 2.45) is 0 Å². The molecule has 0 heterocycles. The molecule has 0 aromatic heterocycles. The van der Waals surface area contributed by atoms with Gasteiger partial charge in [0.05, 0.1) is 11.4 Å². The molecule has 0 aliphatic carbocycles. The van der Waals surface area contributed by atoms with E-state index in [1.807, 2.05) is 0 Å². The van der Waals surface area contributed by atoms with Gasteiger partial charge in [-0.2, -0.15) is 0 Å². The van der Waals surface area contributed by atoms with E-state index in [2.05, 4.69) is 5.32 Å². The first kappa shape index (κ1) is 21.8. The zero-order valence-electron chi connectivity index (χ0n) is 15.1. The van der Waals surface area contributed by atoms with Crippen molar-refractivity contribution >= 4 is 39.2 Å². The van der Waals surface area contributed by atoms with Gasteiger partial charge in [-0.1, -0.05) is 29.8 Å². The van der Waals surface area contributed by atoms with Crippen molar-refractivity contribution in [1.29, 1.82) is 0 Å². The Morgan fingerprint density at radius 1 is 1.18 bits per heavy atom. The smallest absolute Gasteiger partial charge is 0.310 e. The molecule has 0 atom stereocenters. The summed E-state index contributed by atoms with van der Waals surface area (Å²) in [5.41, 5.74) is 0.323. The molecular weight excluding hydrogens is 411 g/mol. The number of hydrogen-bond donors (Lipinski definition) is 1. The first-order valence-electron chi connectivity index (χ1n) is 8.02. The number of sulfonamides is 1. The van der Waals surface area contributed by atoms with Crippen LogP contribution in [-0.2, 0) is 30.8 Å². The summed E-state index contributed by atoms with van der Waals surface area (Å²) in [5, 5.41) is 2.42. The number of carbonyl (C=O) groups is 2. The molecule has 7 nitrogen and oxygen atoms in total. The van der Waals surface area contributed by atoms with Gasteiger partial charge in [0.25, 0.3) is 5.91 Å². The minimum atomic E-state index is -3.80. The van der Waals surface area contributed by atoms with Crippen LogP contribution in [0.3, 0.4) is 0 Å². The van der Waals surface area contributed by atoms with Crippen LogP contribution in [0.15, 0.2) is 47.4 Å². The van der Waals surface area contributed by atoms with E-state index in [1.165, 1.54) is 50.5 Å². The summed E-state index contributed by atoms with van der Waals surface area (Å²) in [6, 6.07) is 9.68. The van der Waals surface area contributed by atoms with Crippen LogP contribution >= 0.6 is 11.6 Å². The highest BCUT2D eigenvalue weighted by Crippen LogP contribution is 2.26. The minimum Gasteiger partial charge on any atom is -0.455 e. The molecule has 0 saturated heterocycles. The van der Waals surface area contributed by atoms with Crippen LogP contribution in [0.1, 0.15) is 5.56 Å². The van der Waals surface area contributed by atoms with Crippen LogP contribution in [0.5, 0.6) is 0 Å². The van der Waals surface area contributed by atoms with E-state index >= 15 is 0 Å². The lowest BCUT2D eigenvalue weighted by molar-refractivity contribution is -0.146. The highest BCUT2D eigenvalue weighted by molar-refractivity contribution is 7.89. The maximum Gasteiger partial charge on any atom is 0.310 e. The number of ether oxygens (including phenoxy) is 1. The second-order valence-corrected chi connectivity index (χ2v) is 8.44. The van der Waals surface area contributed by atoms with Gasteiger partial charge >= 0.3 is 5.97 Å². The van der Waals surface area contributed by atoms with E-state index in [-0.39, 0.29) is 27.6 Å². The fourth-order valence-electron chi connectivity index (χ4n) is 2.17. The monoisotopic (exact) mass is 428 g/mol. The van der Waals surface area contributed by atoms with E-state index in [1.54, 1.807) is 6.07 Å². The highest BCUT2D eigenvalue weighted by atomic mass is 35.5. The van der Waals surface area contributed by atoms with Gasteiger partial charge in [-0.05, 0) is 29.8 Å². The van der Waals surface area contributed by atoms with Gasteiger partial charge in [-0.15, -0.1) is 0 Å². The number of rotatable bonds is 7. The molecule has 1 N–H and O–H groups in total. The molecule has 0 saturated carbocycles. The Morgan fingerprint density at radius 3 is 2.50 bits per heavy atom. The second-order valence-electron chi connectivity index (χ2n) is 5.91. The largest absolute Gasteiger partial charge is 0.455 e. The molecule has 150 valence electrons. The van der Waals surface area contributed by atoms with Crippen LogP contribution in [-0.4, -0.2) is 45.3 Å². The lowest BCUT2D eigenvalue weighted by Crippen LogP contribution is -2.24. The van der Waals surface area contributed by atoms with Gasteiger partial charge in [0.15, 0.2) is 6.61 Å². The van der Waals surface area contributed by atoms with Crippen LogP contribution in [0.2, 0.25) is 5.02 Å². The predicted octanol–water partition coefficient (Wildman–Crippen LogP) is 2.45.